The summed E-state index contributed by atoms with van der Waals surface area (Å²) >= 11 is 6.03. The van der Waals surface area contributed by atoms with Crippen LogP contribution in [0.1, 0.15) is 31.2 Å². The Morgan fingerprint density at radius 1 is 0.975 bits per heavy atom. The third kappa shape index (κ3) is 3.73. The van der Waals surface area contributed by atoms with Crippen LogP contribution < -0.4 is 14.4 Å². The van der Waals surface area contributed by atoms with Crippen LogP contribution in [-0.2, 0) is 19.2 Å². The van der Waals surface area contributed by atoms with Gasteiger partial charge in [0, 0.05) is 45.4 Å². The van der Waals surface area contributed by atoms with Crippen molar-refractivity contribution >= 4 is 40.7 Å². The summed E-state index contributed by atoms with van der Waals surface area (Å²) in [5.41, 5.74) is 2.34. The van der Waals surface area contributed by atoms with Gasteiger partial charge in [-0.15, -0.1) is 0 Å². The number of imide groups is 1. The number of nitrogens with zero attached hydrogens (tertiary/aromatic N) is 1. The molecule has 4 aliphatic rings. The van der Waals surface area contributed by atoms with Crippen molar-refractivity contribution < 1.29 is 33.8 Å². The topological polar surface area (TPSA) is 110 Å². The largest absolute Gasteiger partial charge is 0.507 e. The molecular formula is C31H26ClNO7. The van der Waals surface area contributed by atoms with E-state index >= 15 is 0 Å². The van der Waals surface area contributed by atoms with E-state index in [0.717, 1.165) is 0 Å². The van der Waals surface area contributed by atoms with Crippen LogP contribution in [0.3, 0.4) is 0 Å². The van der Waals surface area contributed by atoms with Crippen LogP contribution in [0.5, 0.6) is 17.2 Å². The van der Waals surface area contributed by atoms with Crippen LogP contribution >= 0.6 is 11.6 Å². The minimum absolute atomic E-state index is 0.140. The predicted molar refractivity (Wildman–Crippen MR) is 146 cm³/mol. The van der Waals surface area contributed by atoms with Crippen molar-refractivity contribution in [3.05, 3.63) is 81.4 Å². The molecule has 0 spiro atoms. The first-order valence-corrected chi connectivity index (χ1v) is 13.3. The summed E-state index contributed by atoms with van der Waals surface area (Å²) in [5.74, 6) is -3.54. The molecule has 0 radical (unpaired) electrons. The van der Waals surface area contributed by atoms with Crippen LogP contribution in [0.15, 0.2) is 70.8 Å². The quantitative estimate of drug-likeness (QED) is 0.328. The van der Waals surface area contributed by atoms with Crippen molar-refractivity contribution in [1.29, 1.82) is 0 Å². The smallest absolute Gasteiger partial charge is 0.238 e. The molecular weight excluding hydrogens is 534 g/mol. The fourth-order valence-corrected chi connectivity index (χ4v) is 6.85. The van der Waals surface area contributed by atoms with Gasteiger partial charge in [-0.2, -0.15) is 0 Å². The molecule has 1 aliphatic heterocycles. The molecule has 2 aromatic rings. The van der Waals surface area contributed by atoms with Crippen LogP contribution in [0.4, 0.5) is 5.69 Å². The van der Waals surface area contributed by atoms with E-state index in [9.17, 15) is 24.3 Å². The maximum absolute atomic E-state index is 14.0. The SMILES string of the molecule is COc1cc(O)c([C@H]2C3=CC[C@@H]4C(=O)N(c5ccc(Cl)cc5)C(=O)[C@@H]4[C@@H]3CC3=C2C(=O)C=C(C)C3=O)c(OC)c1. The van der Waals surface area contributed by atoms with Gasteiger partial charge >= 0.3 is 0 Å². The molecule has 4 atom stereocenters. The van der Waals surface area contributed by atoms with Gasteiger partial charge in [0.15, 0.2) is 11.6 Å². The number of rotatable bonds is 4. The van der Waals surface area contributed by atoms with Gasteiger partial charge in [-0.05, 0) is 56.0 Å². The van der Waals surface area contributed by atoms with Crippen molar-refractivity contribution in [1.82, 2.24) is 0 Å². The molecule has 0 aromatic heterocycles. The Balaban J connectivity index is 1.53. The lowest BCUT2D eigenvalue weighted by molar-refractivity contribution is -0.123. The lowest BCUT2D eigenvalue weighted by atomic mass is 9.59. The van der Waals surface area contributed by atoms with Crippen molar-refractivity contribution in [2.75, 3.05) is 19.1 Å². The number of methoxy groups -OCH3 is 2. The van der Waals surface area contributed by atoms with E-state index in [-0.39, 0.29) is 53.3 Å². The van der Waals surface area contributed by atoms with Crippen LogP contribution in [0.25, 0.3) is 0 Å². The Labute approximate surface area is 235 Å². The highest BCUT2D eigenvalue weighted by Gasteiger charge is 2.57. The average Bonchev–Trinajstić information content (AvgIpc) is 3.20. The fourth-order valence-electron chi connectivity index (χ4n) is 6.72. The van der Waals surface area contributed by atoms with E-state index in [0.29, 0.717) is 38.7 Å². The molecule has 204 valence electrons. The van der Waals surface area contributed by atoms with Crippen molar-refractivity contribution in [2.24, 2.45) is 17.8 Å². The molecule has 9 heteroatoms. The van der Waals surface area contributed by atoms with Gasteiger partial charge in [0.1, 0.15) is 17.2 Å². The molecule has 1 saturated heterocycles. The molecule has 2 amide bonds. The summed E-state index contributed by atoms with van der Waals surface area (Å²) in [7, 11) is 2.90. The molecule has 8 nitrogen and oxygen atoms in total. The number of ketones is 2. The van der Waals surface area contributed by atoms with E-state index in [4.69, 9.17) is 21.1 Å². The first-order valence-electron chi connectivity index (χ1n) is 12.9. The number of carbonyl (C=O) groups excluding carboxylic acids is 4. The Hall–Kier alpha value is -4.17. The van der Waals surface area contributed by atoms with Crippen LogP contribution in [-0.4, -0.2) is 42.7 Å². The van der Waals surface area contributed by atoms with E-state index in [1.807, 2.05) is 6.08 Å². The number of hydrogen-bond donors (Lipinski definition) is 1. The zero-order valence-electron chi connectivity index (χ0n) is 22.1. The summed E-state index contributed by atoms with van der Waals surface area (Å²) < 4.78 is 10.9. The third-order valence-corrected chi connectivity index (χ3v) is 8.74. The minimum atomic E-state index is -0.844. The van der Waals surface area contributed by atoms with Crippen molar-refractivity contribution in [3.8, 4) is 17.2 Å². The van der Waals surface area contributed by atoms with Gasteiger partial charge < -0.3 is 14.6 Å². The van der Waals surface area contributed by atoms with Crippen molar-refractivity contribution in [3.63, 3.8) is 0 Å². The number of ether oxygens (including phenoxy) is 2. The van der Waals surface area contributed by atoms with E-state index < -0.39 is 23.7 Å². The summed E-state index contributed by atoms with van der Waals surface area (Å²) in [4.78, 5) is 55.7. The molecule has 1 heterocycles. The van der Waals surface area contributed by atoms with E-state index in [1.165, 1.54) is 31.3 Å². The molecule has 40 heavy (non-hydrogen) atoms. The number of anilines is 1. The molecule has 0 saturated carbocycles. The number of carbonyl (C=O) groups is 4. The van der Waals surface area contributed by atoms with Gasteiger partial charge in [-0.1, -0.05) is 23.3 Å². The van der Waals surface area contributed by atoms with E-state index in [2.05, 4.69) is 0 Å². The standard InChI is InChI=1S/C31H26ClNO7/c1-14-10-22(34)26-21(29(14)36)13-20-18(27(26)28-23(35)11-17(39-2)12-24(28)40-3)8-9-19-25(20)31(38)33(30(19)37)16-6-4-15(32)5-7-16/h4-8,10-12,19-20,25,27,35H,9,13H2,1-3H3/t19-,20+,25-,27-/m0/s1. The highest BCUT2D eigenvalue weighted by Crippen LogP contribution is 2.58. The number of amides is 2. The number of Topliss-reactive ketones (excluding diaryl/α,β-unsaturated/α-hetero) is 1. The van der Waals surface area contributed by atoms with Gasteiger partial charge in [-0.25, -0.2) is 0 Å². The maximum Gasteiger partial charge on any atom is 0.238 e. The number of allylic oxidation sites excluding steroid dienone is 6. The highest BCUT2D eigenvalue weighted by atomic mass is 35.5. The zero-order valence-corrected chi connectivity index (χ0v) is 22.8. The normalized spacial score (nSPS) is 25.8. The second kappa shape index (κ2) is 9.48. The summed E-state index contributed by atoms with van der Waals surface area (Å²) in [6.45, 7) is 1.59. The Bertz CT molecular complexity index is 1600. The number of fused-ring (bicyclic) bond motifs is 3. The van der Waals surface area contributed by atoms with Gasteiger partial charge in [0.2, 0.25) is 11.8 Å². The van der Waals surface area contributed by atoms with Gasteiger partial charge in [-0.3, -0.25) is 24.1 Å². The number of benzene rings is 2. The monoisotopic (exact) mass is 559 g/mol. The molecule has 0 bridgehead atoms. The molecule has 3 aliphatic carbocycles. The number of hydrogen-bond acceptors (Lipinski definition) is 7. The zero-order chi connectivity index (χ0) is 28.5. The lowest BCUT2D eigenvalue weighted by Crippen LogP contribution is -2.40. The number of aromatic hydroxyl groups is 1. The van der Waals surface area contributed by atoms with E-state index in [1.54, 1.807) is 37.3 Å². The minimum Gasteiger partial charge on any atom is -0.507 e. The summed E-state index contributed by atoms with van der Waals surface area (Å²) in [6, 6.07) is 9.54. The number of phenols is 1. The molecule has 1 fully saturated rings. The lowest BCUT2D eigenvalue weighted by Gasteiger charge is -2.42. The average molecular weight is 560 g/mol. The van der Waals surface area contributed by atoms with Crippen LogP contribution in [0.2, 0.25) is 5.02 Å². The van der Waals surface area contributed by atoms with Gasteiger partial charge in [0.05, 0.1) is 31.7 Å². The second-order valence-corrected chi connectivity index (χ2v) is 10.9. The maximum atomic E-state index is 14.0. The first-order chi connectivity index (χ1) is 19.2. The summed E-state index contributed by atoms with van der Waals surface area (Å²) in [5, 5.41) is 11.7. The second-order valence-electron chi connectivity index (χ2n) is 10.5. The van der Waals surface area contributed by atoms with Gasteiger partial charge in [0.25, 0.3) is 0 Å². The highest BCUT2D eigenvalue weighted by molar-refractivity contribution is 6.31. The number of phenolic OH excluding ortho intramolecular Hbond substituents is 1. The predicted octanol–water partition coefficient (Wildman–Crippen LogP) is 4.70. The Kier molecular flexibility index (Phi) is 6.18. The first kappa shape index (κ1) is 26.1. The molecule has 0 unspecified atom stereocenters. The number of halogens is 1. The van der Waals surface area contributed by atoms with Crippen molar-refractivity contribution in [2.45, 2.75) is 25.7 Å². The van der Waals surface area contributed by atoms with Crippen LogP contribution in [0, 0.1) is 17.8 Å². The molecule has 2 aromatic carbocycles. The Morgan fingerprint density at radius 2 is 1.70 bits per heavy atom. The third-order valence-electron chi connectivity index (χ3n) is 8.49. The Morgan fingerprint density at radius 3 is 2.38 bits per heavy atom. The fraction of sp³-hybridized carbons (Fsp3) is 0.290. The molecule has 6 rings (SSSR count). The molecule has 1 N–H and O–H groups in total. The summed E-state index contributed by atoms with van der Waals surface area (Å²) in [6.07, 6.45) is 3.63.